The van der Waals surface area contributed by atoms with Crippen LogP contribution in [-0.4, -0.2) is 11.1 Å². The Morgan fingerprint density at radius 1 is 0.880 bits per heavy atom. The van der Waals surface area contributed by atoms with Gasteiger partial charge in [-0.2, -0.15) is 0 Å². The average molecular weight is 330 g/mol. The summed E-state index contributed by atoms with van der Waals surface area (Å²) in [7, 11) is 0. The lowest BCUT2D eigenvalue weighted by Gasteiger charge is -2.10. The molecule has 0 spiro atoms. The molecule has 1 N–H and O–H groups in total. The second kappa shape index (κ2) is 7.97. The zero-order chi connectivity index (χ0) is 17.5. The van der Waals surface area contributed by atoms with Crippen molar-refractivity contribution >= 4 is 18.1 Å². The summed E-state index contributed by atoms with van der Waals surface area (Å²) in [5, 5.41) is 9.23. The van der Waals surface area contributed by atoms with Gasteiger partial charge in [0.2, 0.25) is 0 Å². The van der Waals surface area contributed by atoms with Gasteiger partial charge in [0.25, 0.3) is 0 Å². The molecule has 0 radical (unpaired) electrons. The predicted molar refractivity (Wildman–Crippen MR) is 99.5 cm³/mol. The van der Waals surface area contributed by atoms with Crippen molar-refractivity contribution in [1.29, 1.82) is 0 Å². The third-order valence-electron chi connectivity index (χ3n) is 3.75. The van der Waals surface area contributed by atoms with Crippen LogP contribution >= 0.6 is 0 Å². The number of hydrogen-bond acceptors (Lipinski definition) is 2. The summed E-state index contributed by atoms with van der Waals surface area (Å²) in [6.45, 7) is 0.430. The van der Waals surface area contributed by atoms with E-state index in [9.17, 15) is 9.90 Å². The van der Waals surface area contributed by atoms with Crippen LogP contribution in [-0.2, 0) is 6.61 Å². The third kappa shape index (κ3) is 4.58. The maximum absolute atomic E-state index is 11.3. The van der Waals surface area contributed by atoms with E-state index >= 15 is 0 Å². The van der Waals surface area contributed by atoms with Crippen molar-refractivity contribution in [3.8, 4) is 5.75 Å². The van der Waals surface area contributed by atoms with E-state index in [-0.39, 0.29) is 5.56 Å². The van der Waals surface area contributed by atoms with Gasteiger partial charge in [0, 0.05) is 5.56 Å². The van der Waals surface area contributed by atoms with Crippen LogP contribution in [0.5, 0.6) is 5.75 Å². The summed E-state index contributed by atoms with van der Waals surface area (Å²) in [5.74, 6) is -0.301. The van der Waals surface area contributed by atoms with E-state index < -0.39 is 5.97 Å². The fourth-order valence-corrected chi connectivity index (χ4v) is 2.43. The van der Waals surface area contributed by atoms with Crippen LogP contribution in [0.2, 0.25) is 0 Å². The maximum atomic E-state index is 11.3. The largest absolute Gasteiger partial charge is 0.488 e. The van der Waals surface area contributed by atoms with Crippen molar-refractivity contribution in [3.63, 3.8) is 0 Å². The molecular formula is C22H18O3. The van der Waals surface area contributed by atoms with Crippen molar-refractivity contribution in [1.82, 2.24) is 0 Å². The van der Waals surface area contributed by atoms with Crippen molar-refractivity contribution < 1.29 is 14.6 Å². The van der Waals surface area contributed by atoms with E-state index in [2.05, 4.69) is 0 Å². The highest BCUT2D eigenvalue weighted by molar-refractivity contribution is 5.89. The molecule has 0 aromatic heterocycles. The summed E-state index contributed by atoms with van der Waals surface area (Å²) < 4.78 is 5.90. The SMILES string of the molecule is O=C(O)c1ccc(OCc2ccccc2)c(C=Cc2ccccc2)c1. The van der Waals surface area contributed by atoms with Crippen molar-refractivity contribution in [2.24, 2.45) is 0 Å². The van der Waals surface area contributed by atoms with Gasteiger partial charge in [0.1, 0.15) is 12.4 Å². The molecule has 3 aromatic rings. The molecule has 124 valence electrons. The minimum atomic E-state index is -0.955. The Labute approximate surface area is 146 Å². The highest BCUT2D eigenvalue weighted by Crippen LogP contribution is 2.24. The lowest BCUT2D eigenvalue weighted by atomic mass is 10.1. The van der Waals surface area contributed by atoms with Crippen LogP contribution in [0.4, 0.5) is 0 Å². The van der Waals surface area contributed by atoms with Crippen molar-refractivity contribution in [2.75, 3.05) is 0 Å². The van der Waals surface area contributed by atoms with E-state index in [4.69, 9.17) is 4.74 Å². The van der Waals surface area contributed by atoms with Gasteiger partial charge >= 0.3 is 5.97 Å². The average Bonchev–Trinajstić information content (AvgIpc) is 2.66. The molecule has 3 aromatic carbocycles. The van der Waals surface area contributed by atoms with E-state index in [1.807, 2.05) is 72.8 Å². The van der Waals surface area contributed by atoms with Gasteiger partial charge in [0.05, 0.1) is 5.56 Å². The third-order valence-corrected chi connectivity index (χ3v) is 3.75. The molecule has 0 atom stereocenters. The first-order chi connectivity index (χ1) is 12.2. The van der Waals surface area contributed by atoms with Crippen LogP contribution in [0.1, 0.15) is 27.0 Å². The van der Waals surface area contributed by atoms with E-state index in [0.29, 0.717) is 12.4 Å². The summed E-state index contributed by atoms with van der Waals surface area (Å²) >= 11 is 0. The number of ether oxygens (including phenoxy) is 1. The Balaban J connectivity index is 1.86. The van der Waals surface area contributed by atoms with E-state index in [1.165, 1.54) is 0 Å². The lowest BCUT2D eigenvalue weighted by molar-refractivity contribution is 0.0697. The molecule has 0 amide bonds. The van der Waals surface area contributed by atoms with Gasteiger partial charge in [-0.15, -0.1) is 0 Å². The van der Waals surface area contributed by atoms with Crippen LogP contribution in [0.15, 0.2) is 78.9 Å². The van der Waals surface area contributed by atoms with Crippen molar-refractivity contribution in [2.45, 2.75) is 6.61 Å². The molecule has 0 aliphatic heterocycles. The number of carbonyl (C=O) groups is 1. The normalized spacial score (nSPS) is 10.7. The monoisotopic (exact) mass is 330 g/mol. The van der Waals surface area contributed by atoms with Crippen LogP contribution < -0.4 is 4.74 Å². The van der Waals surface area contributed by atoms with Crippen molar-refractivity contribution in [3.05, 3.63) is 101 Å². The summed E-state index contributed by atoms with van der Waals surface area (Å²) in [4.78, 5) is 11.3. The minimum absolute atomic E-state index is 0.236. The minimum Gasteiger partial charge on any atom is -0.488 e. The predicted octanol–water partition coefficient (Wildman–Crippen LogP) is 5.13. The lowest BCUT2D eigenvalue weighted by Crippen LogP contribution is -2.00. The molecule has 3 rings (SSSR count). The number of carboxylic acid groups (broad SMARTS) is 1. The Bertz CT molecular complexity index is 868. The zero-order valence-electron chi connectivity index (χ0n) is 13.6. The second-order valence-corrected chi connectivity index (χ2v) is 5.58. The molecule has 0 aliphatic rings. The van der Waals surface area contributed by atoms with E-state index in [1.54, 1.807) is 18.2 Å². The maximum Gasteiger partial charge on any atom is 0.335 e. The fraction of sp³-hybridized carbons (Fsp3) is 0.0455. The number of benzene rings is 3. The molecular weight excluding hydrogens is 312 g/mol. The molecule has 0 saturated carbocycles. The topological polar surface area (TPSA) is 46.5 Å². The first kappa shape index (κ1) is 16.5. The number of rotatable bonds is 6. The van der Waals surface area contributed by atoms with Gasteiger partial charge in [-0.3, -0.25) is 0 Å². The first-order valence-electron chi connectivity index (χ1n) is 7.99. The number of hydrogen-bond donors (Lipinski definition) is 1. The molecule has 0 aliphatic carbocycles. The van der Waals surface area contributed by atoms with Crippen LogP contribution in [0.25, 0.3) is 12.2 Å². The van der Waals surface area contributed by atoms with Gasteiger partial charge < -0.3 is 9.84 Å². The molecule has 25 heavy (non-hydrogen) atoms. The molecule has 3 nitrogen and oxygen atoms in total. The molecule has 0 bridgehead atoms. The van der Waals surface area contributed by atoms with Gasteiger partial charge in [0.15, 0.2) is 0 Å². The smallest absolute Gasteiger partial charge is 0.335 e. The number of aromatic carboxylic acids is 1. The highest BCUT2D eigenvalue weighted by Gasteiger charge is 2.08. The quantitative estimate of drug-likeness (QED) is 0.637. The molecule has 0 saturated heterocycles. The molecule has 0 fully saturated rings. The number of carboxylic acids is 1. The molecule has 0 unspecified atom stereocenters. The summed E-state index contributed by atoms with van der Waals surface area (Å²) in [6.07, 6.45) is 3.82. The van der Waals surface area contributed by atoms with Crippen LogP contribution in [0, 0.1) is 0 Å². The fourth-order valence-electron chi connectivity index (χ4n) is 2.43. The van der Waals surface area contributed by atoms with Gasteiger partial charge in [-0.05, 0) is 29.3 Å². The van der Waals surface area contributed by atoms with E-state index in [0.717, 1.165) is 16.7 Å². The summed E-state index contributed by atoms with van der Waals surface area (Å²) in [6, 6.07) is 24.6. The second-order valence-electron chi connectivity index (χ2n) is 5.58. The summed E-state index contributed by atoms with van der Waals surface area (Å²) in [5.41, 5.74) is 3.07. The first-order valence-corrected chi connectivity index (χ1v) is 7.99. The Kier molecular flexibility index (Phi) is 5.27. The standard InChI is InChI=1S/C22H18O3/c23-22(24)20-13-14-21(25-16-18-9-5-2-6-10-18)19(15-20)12-11-17-7-3-1-4-8-17/h1-15H,16H2,(H,23,24). The Morgan fingerprint density at radius 2 is 1.56 bits per heavy atom. The highest BCUT2D eigenvalue weighted by atomic mass is 16.5. The molecule has 3 heteroatoms. The Morgan fingerprint density at radius 3 is 2.24 bits per heavy atom. The van der Waals surface area contributed by atoms with Gasteiger partial charge in [-0.25, -0.2) is 4.79 Å². The van der Waals surface area contributed by atoms with Crippen LogP contribution in [0.3, 0.4) is 0 Å². The zero-order valence-corrected chi connectivity index (χ0v) is 13.6. The molecule has 0 heterocycles. The Hall–Kier alpha value is -3.33. The van der Waals surface area contributed by atoms with Gasteiger partial charge in [-0.1, -0.05) is 72.8 Å².